The van der Waals surface area contributed by atoms with Crippen LogP contribution in [0.2, 0.25) is 0 Å². The van der Waals surface area contributed by atoms with Crippen molar-refractivity contribution in [3.8, 4) is 6.19 Å². The number of thioether (sulfide) groups is 1. The average Bonchev–Trinajstić information content (AvgIpc) is 3.04. The maximum Gasteiger partial charge on any atom is 0.204 e. The Morgan fingerprint density at radius 2 is 1.96 bits per heavy atom. The van der Waals surface area contributed by atoms with Crippen LogP contribution in [-0.4, -0.2) is 49.3 Å². The van der Waals surface area contributed by atoms with Crippen molar-refractivity contribution in [3.63, 3.8) is 0 Å². The van der Waals surface area contributed by atoms with E-state index in [0.29, 0.717) is 5.96 Å². The molecule has 0 atom stereocenters. The number of nitrogens with zero attached hydrogens (tertiary/aromatic N) is 3. The summed E-state index contributed by atoms with van der Waals surface area (Å²) in [7, 11) is 4.06. The van der Waals surface area contributed by atoms with E-state index in [1.807, 2.05) is 32.4 Å². The zero-order valence-electron chi connectivity index (χ0n) is 16.9. The summed E-state index contributed by atoms with van der Waals surface area (Å²) in [4.78, 5) is 6.53. The number of aliphatic imine (C=N–C) groups is 1. The molecule has 27 heavy (non-hydrogen) atoms. The van der Waals surface area contributed by atoms with Gasteiger partial charge in [-0.25, -0.2) is 0 Å². The van der Waals surface area contributed by atoms with Crippen molar-refractivity contribution in [3.05, 3.63) is 23.7 Å². The van der Waals surface area contributed by atoms with Gasteiger partial charge in [-0.15, -0.1) is 0 Å². The summed E-state index contributed by atoms with van der Waals surface area (Å²) in [5.74, 6) is 4.35. The van der Waals surface area contributed by atoms with Crippen LogP contribution in [0.1, 0.15) is 50.5 Å². The summed E-state index contributed by atoms with van der Waals surface area (Å²) in [6.07, 6.45) is 8.01. The lowest BCUT2D eigenvalue weighted by Gasteiger charge is -2.08. The Morgan fingerprint density at radius 3 is 2.67 bits per heavy atom. The Morgan fingerprint density at radius 1 is 1.22 bits per heavy atom. The van der Waals surface area contributed by atoms with Gasteiger partial charge >= 0.3 is 0 Å². The van der Waals surface area contributed by atoms with E-state index >= 15 is 0 Å². The molecular formula is C19H35N5O2S. The highest BCUT2D eigenvalue weighted by Gasteiger charge is 2.04. The second-order valence-electron chi connectivity index (χ2n) is 6.47. The van der Waals surface area contributed by atoms with Gasteiger partial charge < -0.3 is 20.1 Å². The van der Waals surface area contributed by atoms with Gasteiger partial charge in [-0.2, -0.15) is 17.0 Å². The van der Waals surface area contributed by atoms with Crippen LogP contribution in [0, 0.1) is 11.5 Å². The lowest BCUT2D eigenvalue weighted by molar-refractivity contribution is 0.344. The molecule has 0 aliphatic rings. The molecular weight excluding hydrogens is 362 g/mol. The molecule has 7 nitrogen and oxygen atoms in total. The number of rotatable bonds is 13. The van der Waals surface area contributed by atoms with Crippen molar-refractivity contribution in [2.24, 2.45) is 4.99 Å². The highest BCUT2D eigenvalue weighted by atomic mass is 32.2. The van der Waals surface area contributed by atoms with Gasteiger partial charge in [0.25, 0.3) is 0 Å². The standard InChI is InChI=1S/C19H33N5OS.H2O/c1-4-5-6-7-8-11-21-19(23-16-20)22-12-13-26-15-18-10-9-17(25-18)14-24(2)3;/h9-10H,4-8,11-15H2,1-3H3,(H2,21,22,23);1H2. The summed E-state index contributed by atoms with van der Waals surface area (Å²) in [5, 5.41) is 14.6. The molecule has 0 spiro atoms. The number of nitrogens with one attached hydrogen (secondary N) is 2. The highest BCUT2D eigenvalue weighted by Crippen LogP contribution is 2.15. The minimum atomic E-state index is 0. The average molecular weight is 398 g/mol. The smallest absolute Gasteiger partial charge is 0.204 e. The van der Waals surface area contributed by atoms with E-state index in [9.17, 15) is 0 Å². The summed E-state index contributed by atoms with van der Waals surface area (Å²) in [6.45, 7) is 4.56. The Hall–Kier alpha value is -1.69. The first-order chi connectivity index (χ1) is 12.7. The molecule has 154 valence electrons. The zero-order chi connectivity index (χ0) is 19.0. The lowest BCUT2D eigenvalue weighted by Crippen LogP contribution is -2.36. The van der Waals surface area contributed by atoms with Crippen molar-refractivity contribution in [2.75, 3.05) is 32.9 Å². The molecule has 4 N–H and O–H groups in total. The topological polar surface area (TPSA) is 108 Å². The SMILES string of the molecule is CCCCCCCN=C(NC#N)NCCSCc1ccc(CN(C)C)o1.O. The third kappa shape index (κ3) is 13.2. The first-order valence-electron chi connectivity index (χ1n) is 9.39. The maximum absolute atomic E-state index is 8.82. The third-order valence-electron chi connectivity index (χ3n) is 3.68. The summed E-state index contributed by atoms with van der Waals surface area (Å²) < 4.78 is 5.79. The zero-order valence-corrected chi connectivity index (χ0v) is 17.7. The van der Waals surface area contributed by atoms with E-state index in [-0.39, 0.29) is 5.48 Å². The number of furan rings is 1. The van der Waals surface area contributed by atoms with Crippen LogP contribution >= 0.6 is 11.8 Å². The van der Waals surface area contributed by atoms with Gasteiger partial charge in [-0.1, -0.05) is 32.6 Å². The van der Waals surface area contributed by atoms with Gasteiger partial charge in [0.05, 0.1) is 12.3 Å². The molecule has 1 aromatic heterocycles. The van der Waals surface area contributed by atoms with Gasteiger partial charge in [-0.3, -0.25) is 10.3 Å². The number of unbranched alkanes of at least 4 members (excludes halogenated alkanes) is 4. The second-order valence-corrected chi connectivity index (χ2v) is 7.57. The summed E-state index contributed by atoms with van der Waals surface area (Å²) >= 11 is 1.80. The van der Waals surface area contributed by atoms with Gasteiger partial charge in [0.2, 0.25) is 5.96 Å². The van der Waals surface area contributed by atoms with E-state index in [0.717, 1.165) is 49.1 Å². The predicted molar refractivity (Wildman–Crippen MR) is 114 cm³/mol. The van der Waals surface area contributed by atoms with Crippen LogP contribution in [0.15, 0.2) is 21.5 Å². The molecule has 0 bridgehead atoms. The monoisotopic (exact) mass is 397 g/mol. The van der Waals surface area contributed by atoms with E-state index in [1.165, 1.54) is 25.7 Å². The van der Waals surface area contributed by atoms with Crippen molar-refractivity contribution in [1.82, 2.24) is 15.5 Å². The molecule has 1 aromatic rings. The summed E-state index contributed by atoms with van der Waals surface area (Å²) in [6, 6.07) is 4.08. The van der Waals surface area contributed by atoms with Gasteiger partial charge in [0, 0.05) is 18.8 Å². The van der Waals surface area contributed by atoms with E-state index < -0.39 is 0 Å². The first kappa shape index (κ1) is 25.3. The number of hydrogen-bond acceptors (Lipinski definition) is 5. The molecule has 0 saturated heterocycles. The summed E-state index contributed by atoms with van der Waals surface area (Å²) in [5.41, 5.74) is 0. The molecule has 1 rings (SSSR count). The van der Waals surface area contributed by atoms with E-state index in [4.69, 9.17) is 9.68 Å². The van der Waals surface area contributed by atoms with Crippen molar-refractivity contribution in [2.45, 2.75) is 51.3 Å². The van der Waals surface area contributed by atoms with Crippen LogP contribution in [0.5, 0.6) is 0 Å². The van der Waals surface area contributed by atoms with E-state index in [1.54, 1.807) is 11.8 Å². The van der Waals surface area contributed by atoms with Gasteiger partial charge in [-0.05, 0) is 32.6 Å². The fraction of sp³-hybridized carbons (Fsp3) is 0.684. The van der Waals surface area contributed by atoms with Gasteiger partial charge in [0.15, 0.2) is 6.19 Å². The molecule has 0 radical (unpaired) electrons. The molecule has 0 aliphatic carbocycles. The van der Waals surface area contributed by atoms with Crippen LogP contribution < -0.4 is 10.6 Å². The second kappa shape index (κ2) is 16.5. The highest BCUT2D eigenvalue weighted by molar-refractivity contribution is 7.98. The van der Waals surface area contributed by atoms with Crippen LogP contribution in [0.4, 0.5) is 0 Å². The lowest BCUT2D eigenvalue weighted by atomic mass is 10.2. The Labute approximate surface area is 167 Å². The number of hydrogen-bond donors (Lipinski definition) is 2. The Kier molecular flexibility index (Phi) is 15.4. The van der Waals surface area contributed by atoms with Crippen molar-refractivity contribution >= 4 is 17.7 Å². The fourth-order valence-electron chi connectivity index (χ4n) is 2.41. The molecule has 0 aromatic carbocycles. The maximum atomic E-state index is 8.82. The van der Waals surface area contributed by atoms with Gasteiger partial charge in [0.1, 0.15) is 11.5 Å². The number of guanidine groups is 1. The quantitative estimate of drug-likeness (QED) is 0.174. The molecule has 0 amide bonds. The molecule has 0 saturated carbocycles. The predicted octanol–water partition coefficient (Wildman–Crippen LogP) is 2.74. The number of nitriles is 1. The Bertz CT molecular complexity index is 555. The normalized spacial score (nSPS) is 11.1. The molecule has 1 heterocycles. The van der Waals surface area contributed by atoms with Crippen LogP contribution in [0.25, 0.3) is 0 Å². The first-order valence-corrected chi connectivity index (χ1v) is 10.5. The van der Waals surface area contributed by atoms with Crippen LogP contribution in [-0.2, 0) is 12.3 Å². The van der Waals surface area contributed by atoms with Crippen LogP contribution in [0.3, 0.4) is 0 Å². The van der Waals surface area contributed by atoms with Crippen molar-refractivity contribution in [1.29, 1.82) is 5.26 Å². The molecule has 0 aliphatic heterocycles. The fourth-order valence-corrected chi connectivity index (χ4v) is 3.16. The van der Waals surface area contributed by atoms with E-state index in [2.05, 4.69) is 27.4 Å². The molecule has 8 heteroatoms. The van der Waals surface area contributed by atoms with Crippen molar-refractivity contribution < 1.29 is 9.89 Å². The largest absolute Gasteiger partial charge is 0.464 e. The minimum absolute atomic E-state index is 0. The Balaban J connectivity index is 0.00000676. The minimum Gasteiger partial charge on any atom is -0.464 e. The molecule has 0 unspecified atom stereocenters. The third-order valence-corrected chi connectivity index (χ3v) is 4.66. The molecule has 0 fully saturated rings.